The first kappa shape index (κ1) is 20.5. The zero-order chi connectivity index (χ0) is 21.1. The minimum Gasteiger partial charge on any atom is -0.360 e. The molecule has 0 saturated carbocycles. The van der Waals surface area contributed by atoms with Crippen LogP contribution in [0.4, 0.5) is 5.82 Å². The molecule has 0 unspecified atom stereocenters. The number of nitrogens with zero attached hydrogens (tertiary/aromatic N) is 4. The number of anilines is 1. The number of carbonyl (C=O) groups is 1. The zero-order valence-corrected chi connectivity index (χ0v) is 18.0. The van der Waals surface area contributed by atoms with Crippen molar-refractivity contribution in [2.45, 2.75) is 12.1 Å². The van der Waals surface area contributed by atoms with E-state index in [0.717, 1.165) is 5.69 Å². The van der Waals surface area contributed by atoms with Gasteiger partial charge in [0, 0.05) is 22.3 Å². The molecule has 7 nitrogen and oxygen atoms in total. The largest absolute Gasteiger partial charge is 0.360 e. The maximum absolute atomic E-state index is 12.3. The van der Waals surface area contributed by atoms with Crippen LogP contribution in [0.5, 0.6) is 0 Å². The normalized spacial score (nSPS) is 10.9. The number of benzene rings is 2. The van der Waals surface area contributed by atoms with Crippen molar-refractivity contribution in [3.8, 4) is 17.1 Å². The van der Waals surface area contributed by atoms with Gasteiger partial charge in [-0.1, -0.05) is 58.3 Å². The SMILES string of the molecule is Cc1cc(NC(=O)CSc2nnc(-c3ccc(Cl)cc3Cl)n2-c2ccccc2)no1. The number of carbonyl (C=O) groups excluding carboxylic acids is 1. The second-order valence-electron chi connectivity index (χ2n) is 6.26. The molecule has 2 aromatic heterocycles. The summed E-state index contributed by atoms with van der Waals surface area (Å²) in [5, 5.41) is 16.6. The van der Waals surface area contributed by atoms with Crippen LogP contribution in [0.3, 0.4) is 0 Å². The molecule has 4 aromatic rings. The van der Waals surface area contributed by atoms with E-state index in [2.05, 4.69) is 20.7 Å². The van der Waals surface area contributed by atoms with Crippen molar-refractivity contribution >= 4 is 46.7 Å². The highest BCUT2D eigenvalue weighted by atomic mass is 35.5. The molecule has 0 aliphatic heterocycles. The Bertz CT molecular complexity index is 1190. The Morgan fingerprint density at radius 3 is 2.63 bits per heavy atom. The Labute approximate surface area is 186 Å². The third-order valence-electron chi connectivity index (χ3n) is 4.05. The van der Waals surface area contributed by atoms with E-state index in [4.69, 9.17) is 27.7 Å². The quantitative estimate of drug-likeness (QED) is 0.395. The molecule has 1 N–H and O–H groups in total. The highest BCUT2D eigenvalue weighted by molar-refractivity contribution is 7.99. The maximum atomic E-state index is 12.3. The van der Waals surface area contributed by atoms with Gasteiger partial charge in [-0.3, -0.25) is 9.36 Å². The maximum Gasteiger partial charge on any atom is 0.236 e. The molecule has 0 aliphatic rings. The third-order valence-corrected chi connectivity index (χ3v) is 5.52. The highest BCUT2D eigenvalue weighted by Crippen LogP contribution is 2.33. The molecule has 2 aromatic carbocycles. The monoisotopic (exact) mass is 459 g/mol. The zero-order valence-electron chi connectivity index (χ0n) is 15.7. The smallest absolute Gasteiger partial charge is 0.236 e. The summed E-state index contributed by atoms with van der Waals surface area (Å²) in [6.45, 7) is 1.75. The van der Waals surface area contributed by atoms with Crippen molar-refractivity contribution < 1.29 is 9.32 Å². The van der Waals surface area contributed by atoms with E-state index in [0.29, 0.717) is 38.2 Å². The molecule has 4 rings (SSSR count). The first-order valence-electron chi connectivity index (χ1n) is 8.83. The van der Waals surface area contributed by atoms with Crippen LogP contribution in [-0.4, -0.2) is 31.6 Å². The van der Waals surface area contributed by atoms with E-state index < -0.39 is 0 Å². The molecule has 152 valence electrons. The van der Waals surface area contributed by atoms with E-state index in [1.807, 2.05) is 34.9 Å². The van der Waals surface area contributed by atoms with Crippen LogP contribution in [0.1, 0.15) is 5.76 Å². The Morgan fingerprint density at radius 2 is 1.93 bits per heavy atom. The fraction of sp³-hybridized carbons (Fsp3) is 0.100. The van der Waals surface area contributed by atoms with Crippen molar-refractivity contribution in [2.24, 2.45) is 0 Å². The van der Waals surface area contributed by atoms with Crippen molar-refractivity contribution in [2.75, 3.05) is 11.1 Å². The highest BCUT2D eigenvalue weighted by Gasteiger charge is 2.19. The van der Waals surface area contributed by atoms with E-state index in [9.17, 15) is 4.79 Å². The molecule has 0 fully saturated rings. The van der Waals surface area contributed by atoms with Gasteiger partial charge in [0.2, 0.25) is 5.91 Å². The number of aryl methyl sites for hydroxylation is 1. The van der Waals surface area contributed by atoms with Gasteiger partial charge in [0.15, 0.2) is 16.8 Å². The molecule has 0 spiro atoms. The molecule has 0 saturated heterocycles. The van der Waals surface area contributed by atoms with Gasteiger partial charge in [0.05, 0.1) is 10.8 Å². The summed E-state index contributed by atoms with van der Waals surface area (Å²) >= 11 is 13.7. The van der Waals surface area contributed by atoms with Crippen LogP contribution in [-0.2, 0) is 4.79 Å². The number of nitrogens with one attached hydrogen (secondary N) is 1. The molecule has 0 bridgehead atoms. The molecule has 1 amide bonds. The van der Waals surface area contributed by atoms with Crippen LogP contribution in [0.2, 0.25) is 10.0 Å². The van der Waals surface area contributed by atoms with Crippen molar-refractivity contribution in [3.05, 3.63) is 70.4 Å². The van der Waals surface area contributed by atoms with Gasteiger partial charge in [-0.15, -0.1) is 10.2 Å². The summed E-state index contributed by atoms with van der Waals surface area (Å²) in [6.07, 6.45) is 0. The third kappa shape index (κ3) is 4.51. The molecule has 0 aliphatic carbocycles. The minimum atomic E-state index is -0.234. The van der Waals surface area contributed by atoms with Crippen LogP contribution < -0.4 is 5.32 Å². The molecule has 0 radical (unpaired) electrons. The molecular weight excluding hydrogens is 445 g/mol. The number of para-hydroxylation sites is 1. The van der Waals surface area contributed by atoms with Gasteiger partial charge in [-0.2, -0.15) is 0 Å². The Hall–Kier alpha value is -2.81. The van der Waals surface area contributed by atoms with Crippen molar-refractivity contribution in [1.82, 2.24) is 19.9 Å². The summed E-state index contributed by atoms with van der Waals surface area (Å²) in [5.41, 5.74) is 1.53. The predicted molar refractivity (Wildman–Crippen MR) is 117 cm³/mol. The van der Waals surface area contributed by atoms with Crippen LogP contribution in [0, 0.1) is 6.92 Å². The summed E-state index contributed by atoms with van der Waals surface area (Å²) in [4.78, 5) is 12.3. The van der Waals surface area contributed by atoms with Gasteiger partial charge in [-0.25, -0.2) is 0 Å². The van der Waals surface area contributed by atoms with E-state index in [1.165, 1.54) is 11.8 Å². The van der Waals surface area contributed by atoms with E-state index in [1.54, 1.807) is 31.2 Å². The van der Waals surface area contributed by atoms with Gasteiger partial charge in [0.1, 0.15) is 5.76 Å². The molecule has 10 heteroatoms. The average molecular weight is 460 g/mol. The fourth-order valence-electron chi connectivity index (χ4n) is 2.75. The predicted octanol–water partition coefficient (Wildman–Crippen LogP) is 5.27. The number of hydrogen-bond donors (Lipinski definition) is 1. The molecular formula is C20H15Cl2N5O2S. The summed E-state index contributed by atoms with van der Waals surface area (Å²) < 4.78 is 6.81. The van der Waals surface area contributed by atoms with E-state index >= 15 is 0 Å². The van der Waals surface area contributed by atoms with Gasteiger partial charge < -0.3 is 9.84 Å². The molecule has 30 heavy (non-hydrogen) atoms. The Morgan fingerprint density at radius 1 is 1.13 bits per heavy atom. The number of halogens is 2. The number of aromatic nitrogens is 4. The second-order valence-corrected chi connectivity index (χ2v) is 8.05. The minimum absolute atomic E-state index is 0.116. The van der Waals surface area contributed by atoms with Crippen molar-refractivity contribution in [1.29, 1.82) is 0 Å². The Kier molecular flexibility index (Phi) is 6.08. The number of amides is 1. The lowest BCUT2D eigenvalue weighted by molar-refractivity contribution is -0.113. The van der Waals surface area contributed by atoms with Gasteiger partial charge in [0.25, 0.3) is 0 Å². The lowest BCUT2D eigenvalue weighted by Gasteiger charge is -2.11. The summed E-state index contributed by atoms with van der Waals surface area (Å²) in [7, 11) is 0. The topological polar surface area (TPSA) is 85.8 Å². The van der Waals surface area contributed by atoms with E-state index in [-0.39, 0.29) is 11.7 Å². The van der Waals surface area contributed by atoms with Gasteiger partial charge in [-0.05, 0) is 37.3 Å². The first-order chi connectivity index (χ1) is 14.5. The number of thioether (sulfide) groups is 1. The molecule has 2 heterocycles. The fourth-order valence-corrected chi connectivity index (χ4v) is 4.00. The van der Waals surface area contributed by atoms with Crippen molar-refractivity contribution in [3.63, 3.8) is 0 Å². The lowest BCUT2D eigenvalue weighted by atomic mass is 10.2. The second kappa shape index (κ2) is 8.91. The standard InChI is InChI=1S/C20H15Cl2N5O2S/c1-12-9-17(26-29-12)23-18(28)11-30-20-25-24-19(15-8-7-13(21)10-16(15)22)27(20)14-5-3-2-4-6-14/h2-10H,11H2,1H3,(H,23,26,28). The lowest BCUT2D eigenvalue weighted by Crippen LogP contribution is -2.14. The summed E-state index contributed by atoms with van der Waals surface area (Å²) in [6, 6.07) is 16.4. The van der Waals surface area contributed by atoms with Crippen LogP contribution >= 0.6 is 35.0 Å². The molecule has 0 atom stereocenters. The summed E-state index contributed by atoms with van der Waals surface area (Å²) in [5.74, 6) is 1.42. The van der Waals surface area contributed by atoms with Gasteiger partial charge >= 0.3 is 0 Å². The average Bonchev–Trinajstić information content (AvgIpc) is 3.33. The van der Waals surface area contributed by atoms with Crippen LogP contribution in [0.25, 0.3) is 17.1 Å². The van der Waals surface area contributed by atoms with Crippen LogP contribution in [0.15, 0.2) is 64.3 Å². The number of rotatable bonds is 6. The number of hydrogen-bond acceptors (Lipinski definition) is 6. The Balaban J connectivity index is 1.63. The first-order valence-corrected chi connectivity index (χ1v) is 10.6.